The first-order chi connectivity index (χ1) is 13.1. The van der Waals surface area contributed by atoms with Crippen molar-refractivity contribution in [3.05, 3.63) is 39.9 Å². The lowest BCUT2D eigenvalue weighted by Gasteiger charge is -2.32. The van der Waals surface area contributed by atoms with Crippen LogP contribution in [-0.4, -0.2) is 35.0 Å². The van der Waals surface area contributed by atoms with Crippen LogP contribution in [0.3, 0.4) is 0 Å². The second-order valence-electron chi connectivity index (χ2n) is 7.64. The van der Waals surface area contributed by atoms with Crippen LogP contribution in [-0.2, 0) is 17.8 Å². The van der Waals surface area contributed by atoms with E-state index < -0.39 is 0 Å². The SMILES string of the molecule is CCCc1cc(C(=O)N2CCC3(CC2)CC3C(=O)NCc2cccs2)no1. The van der Waals surface area contributed by atoms with Gasteiger partial charge in [-0.1, -0.05) is 18.1 Å². The molecule has 4 rings (SSSR count). The summed E-state index contributed by atoms with van der Waals surface area (Å²) in [7, 11) is 0. The highest BCUT2D eigenvalue weighted by molar-refractivity contribution is 7.09. The first kappa shape index (κ1) is 18.2. The number of piperidine rings is 1. The maximum atomic E-state index is 12.6. The summed E-state index contributed by atoms with van der Waals surface area (Å²) >= 11 is 1.66. The van der Waals surface area contributed by atoms with Crippen LogP contribution in [0.1, 0.15) is 53.7 Å². The number of thiophene rings is 1. The summed E-state index contributed by atoms with van der Waals surface area (Å²) in [6, 6.07) is 5.79. The number of aryl methyl sites for hydroxylation is 1. The van der Waals surface area contributed by atoms with Crippen molar-refractivity contribution in [1.82, 2.24) is 15.4 Å². The van der Waals surface area contributed by atoms with E-state index in [1.54, 1.807) is 17.4 Å². The molecule has 27 heavy (non-hydrogen) atoms. The zero-order valence-electron chi connectivity index (χ0n) is 15.6. The molecular weight excluding hydrogens is 362 g/mol. The number of nitrogens with zero attached hydrogens (tertiary/aromatic N) is 2. The number of carbonyl (C=O) groups is 2. The topological polar surface area (TPSA) is 75.4 Å². The van der Waals surface area contributed by atoms with Gasteiger partial charge in [0.05, 0.1) is 6.54 Å². The van der Waals surface area contributed by atoms with Crippen LogP contribution < -0.4 is 5.32 Å². The Bertz CT molecular complexity index is 806. The number of aromatic nitrogens is 1. The van der Waals surface area contributed by atoms with Gasteiger partial charge in [0.1, 0.15) is 5.76 Å². The van der Waals surface area contributed by atoms with Gasteiger partial charge in [0.2, 0.25) is 5.91 Å². The van der Waals surface area contributed by atoms with Crippen molar-refractivity contribution in [2.45, 2.75) is 45.6 Å². The standard InChI is InChI=1S/C20H25N3O3S/c1-2-4-14-11-17(22-26-14)19(25)23-8-6-20(7-9-23)12-16(20)18(24)21-13-15-5-3-10-27-15/h3,5,10-11,16H,2,4,6-9,12-13H2,1H3,(H,21,24). The Labute approximate surface area is 162 Å². The van der Waals surface area contributed by atoms with Crippen molar-refractivity contribution in [2.75, 3.05) is 13.1 Å². The van der Waals surface area contributed by atoms with Crippen LogP contribution >= 0.6 is 11.3 Å². The molecule has 1 saturated carbocycles. The monoisotopic (exact) mass is 387 g/mol. The van der Waals surface area contributed by atoms with Crippen molar-refractivity contribution in [3.63, 3.8) is 0 Å². The Morgan fingerprint density at radius 1 is 1.41 bits per heavy atom. The van der Waals surface area contributed by atoms with Crippen LogP contribution in [0.25, 0.3) is 0 Å². The highest BCUT2D eigenvalue weighted by atomic mass is 32.1. The van der Waals surface area contributed by atoms with Crippen molar-refractivity contribution >= 4 is 23.2 Å². The van der Waals surface area contributed by atoms with Gasteiger partial charge in [-0.3, -0.25) is 9.59 Å². The number of rotatable bonds is 6. The quantitative estimate of drug-likeness (QED) is 0.826. The van der Waals surface area contributed by atoms with E-state index in [0.717, 1.165) is 37.9 Å². The molecule has 2 aromatic heterocycles. The van der Waals surface area contributed by atoms with Crippen LogP contribution in [0.15, 0.2) is 28.1 Å². The molecule has 1 aliphatic heterocycles. The first-order valence-corrected chi connectivity index (χ1v) is 10.5. The van der Waals surface area contributed by atoms with Gasteiger partial charge in [0.25, 0.3) is 5.91 Å². The third kappa shape index (κ3) is 3.78. The van der Waals surface area contributed by atoms with Crippen LogP contribution in [0.4, 0.5) is 0 Å². The second-order valence-corrected chi connectivity index (χ2v) is 8.67. The molecule has 1 atom stereocenters. The highest BCUT2D eigenvalue weighted by Crippen LogP contribution is 2.59. The van der Waals surface area contributed by atoms with E-state index in [1.807, 2.05) is 22.4 Å². The van der Waals surface area contributed by atoms with Crippen molar-refractivity contribution in [3.8, 4) is 0 Å². The van der Waals surface area contributed by atoms with Gasteiger partial charge in [-0.15, -0.1) is 11.3 Å². The predicted molar refractivity (Wildman–Crippen MR) is 102 cm³/mol. The maximum absolute atomic E-state index is 12.6. The summed E-state index contributed by atoms with van der Waals surface area (Å²) < 4.78 is 5.23. The summed E-state index contributed by atoms with van der Waals surface area (Å²) in [5, 5.41) is 9.01. The molecular formula is C20H25N3O3S. The van der Waals surface area contributed by atoms with E-state index >= 15 is 0 Å². The number of likely N-dealkylation sites (tertiary alicyclic amines) is 1. The minimum Gasteiger partial charge on any atom is -0.361 e. The maximum Gasteiger partial charge on any atom is 0.276 e. The fourth-order valence-corrected chi connectivity index (χ4v) is 4.72. The van der Waals surface area contributed by atoms with E-state index in [0.29, 0.717) is 25.3 Å². The van der Waals surface area contributed by atoms with Crippen molar-refractivity contribution < 1.29 is 14.1 Å². The molecule has 6 nitrogen and oxygen atoms in total. The molecule has 1 aliphatic carbocycles. The third-order valence-corrected chi connectivity index (χ3v) is 6.72. The Kier molecular flexibility index (Phi) is 5.04. The lowest BCUT2D eigenvalue weighted by atomic mass is 9.90. The molecule has 2 aromatic rings. The number of amides is 2. The highest BCUT2D eigenvalue weighted by Gasteiger charge is 2.58. The Morgan fingerprint density at radius 3 is 2.93 bits per heavy atom. The molecule has 0 bridgehead atoms. The average molecular weight is 388 g/mol. The minimum absolute atomic E-state index is 0.0599. The van der Waals surface area contributed by atoms with Gasteiger partial charge < -0.3 is 14.7 Å². The summed E-state index contributed by atoms with van der Waals surface area (Å²) in [6.07, 6.45) is 4.47. The molecule has 7 heteroatoms. The fourth-order valence-electron chi connectivity index (χ4n) is 4.08. The Morgan fingerprint density at radius 2 is 2.22 bits per heavy atom. The third-order valence-electron chi connectivity index (χ3n) is 5.84. The number of nitrogens with one attached hydrogen (secondary N) is 1. The lowest BCUT2D eigenvalue weighted by molar-refractivity contribution is -0.123. The largest absolute Gasteiger partial charge is 0.361 e. The Balaban J connectivity index is 1.27. The van der Waals surface area contributed by atoms with Gasteiger partial charge in [-0.2, -0.15) is 0 Å². The number of hydrogen-bond acceptors (Lipinski definition) is 5. The van der Waals surface area contributed by atoms with E-state index in [9.17, 15) is 9.59 Å². The lowest BCUT2D eigenvalue weighted by Crippen LogP contribution is -2.40. The van der Waals surface area contributed by atoms with Gasteiger partial charge in [-0.25, -0.2) is 0 Å². The fraction of sp³-hybridized carbons (Fsp3) is 0.550. The Hall–Kier alpha value is -2.15. The molecule has 0 aromatic carbocycles. The van der Waals surface area contributed by atoms with Gasteiger partial charge in [0, 0.05) is 36.4 Å². The molecule has 2 aliphatic rings. The van der Waals surface area contributed by atoms with Crippen LogP contribution in [0.5, 0.6) is 0 Å². The average Bonchev–Trinajstić information content (AvgIpc) is 3.07. The van der Waals surface area contributed by atoms with E-state index in [4.69, 9.17) is 4.52 Å². The minimum atomic E-state index is -0.0599. The molecule has 1 N–H and O–H groups in total. The summed E-state index contributed by atoms with van der Waals surface area (Å²) in [5.74, 6) is 0.955. The normalized spacial score (nSPS) is 20.6. The first-order valence-electron chi connectivity index (χ1n) is 9.66. The summed E-state index contributed by atoms with van der Waals surface area (Å²) in [4.78, 5) is 28.1. The molecule has 3 heterocycles. The van der Waals surface area contributed by atoms with Gasteiger partial charge >= 0.3 is 0 Å². The molecule has 144 valence electrons. The van der Waals surface area contributed by atoms with Crippen molar-refractivity contribution in [1.29, 1.82) is 0 Å². The molecule has 0 radical (unpaired) electrons. The molecule has 1 spiro atoms. The molecule has 1 unspecified atom stereocenters. The van der Waals surface area contributed by atoms with E-state index in [-0.39, 0.29) is 23.1 Å². The summed E-state index contributed by atoms with van der Waals surface area (Å²) in [6.45, 7) is 4.05. The number of carbonyl (C=O) groups excluding carboxylic acids is 2. The predicted octanol–water partition coefficient (Wildman–Crippen LogP) is 3.25. The number of hydrogen-bond donors (Lipinski definition) is 1. The molecule has 1 saturated heterocycles. The van der Waals surface area contributed by atoms with Gasteiger partial charge in [-0.05, 0) is 42.5 Å². The molecule has 2 fully saturated rings. The van der Waals surface area contributed by atoms with Crippen LogP contribution in [0.2, 0.25) is 0 Å². The second kappa shape index (κ2) is 7.46. The van der Waals surface area contributed by atoms with E-state index in [2.05, 4.69) is 17.4 Å². The zero-order valence-corrected chi connectivity index (χ0v) is 16.4. The zero-order chi connectivity index (χ0) is 18.9. The molecule has 2 amide bonds. The van der Waals surface area contributed by atoms with Crippen molar-refractivity contribution in [2.24, 2.45) is 11.3 Å². The smallest absolute Gasteiger partial charge is 0.276 e. The van der Waals surface area contributed by atoms with Gasteiger partial charge in [0.15, 0.2) is 5.69 Å². The summed E-state index contributed by atoms with van der Waals surface area (Å²) in [5.41, 5.74) is 0.489. The van der Waals surface area contributed by atoms with Crippen LogP contribution in [0, 0.1) is 11.3 Å². The van der Waals surface area contributed by atoms with E-state index in [1.165, 1.54) is 4.88 Å².